The lowest BCUT2D eigenvalue weighted by molar-refractivity contribution is 0.102. The fraction of sp³-hybridized carbons (Fsp3) is 0.167. The van der Waals surface area contributed by atoms with Crippen molar-refractivity contribution >= 4 is 22.5 Å². The second-order valence-electron chi connectivity index (χ2n) is 5.62. The van der Waals surface area contributed by atoms with E-state index in [1.165, 1.54) is 6.07 Å². The number of aromatic amines is 1. The molecule has 0 aliphatic heterocycles. The topological polar surface area (TPSA) is 44.9 Å². The van der Waals surface area contributed by atoms with E-state index >= 15 is 0 Å². The molecule has 0 fully saturated rings. The number of carbonyl (C=O) groups is 1. The first-order chi connectivity index (χ1) is 10.5. The summed E-state index contributed by atoms with van der Waals surface area (Å²) in [6.45, 7) is 5.68. The van der Waals surface area contributed by atoms with Gasteiger partial charge < -0.3 is 10.3 Å². The predicted molar refractivity (Wildman–Crippen MR) is 86.9 cm³/mol. The minimum absolute atomic E-state index is 0.249. The number of hydrogen-bond acceptors (Lipinski definition) is 1. The second kappa shape index (κ2) is 5.30. The summed E-state index contributed by atoms with van der Waals surface area (Å²) >= 11 is 0. The molecule has 22 heavy (non-hydrogen) atoms. The molecule has 1 amide bonds. The maximum Gasteiger partial charge on any atom is 0.257 e. The summed E-state index contributed by atoms with van der Waals surface area (Å²) in [6.07, 6.45) is 1.69. The Hall–Kier alpha value is -2.62. The maximum atomic E-state index is 13.6. The van der Waals surface area contributed by atoms with Crippen molar-refractivity contribution < 1.29 is 9.18 Å². The Bertz CT molecular complexity index is 880. The van der Waals surface area contributed by atoms with Crippen LogP contribution in [0.15, 0.2) is 36.5 Å². The van der Waals surface area contributed by atoms with Crippen molar-refractivity contribution in [1.82, 2.24) is 4.98 Å². The number of carbonyl (C=O) groups excluding carboxylic acids is 1. The van der Waals surface area contributed by atoms with Crippen LogP contribution in [-0.4, -0.2) is 10.9 Å². The molecule has 2 N–H and O–H groups in total. The van der Waals surface area contributed by atoms with Crippen LogP contribution in [0.1, 0.15) is 27.0 Å². The predicted octanol–water partition coefficient (Wildman–Crippen LogP) is 4.48. The molecule has 3 aromatic rings. The van der Waals surface area contributed by atoms with Gasteiger partial charge in [-0.1, -0.05) is 12.1 Å². The smallest absolute Gasteiger partial charge is 0.257 e. The Balaban J connectivity index is 1.97. The quantitative estimate of drug-likeness (QED) is 0.719. The first-order valence-corrected chi connectivity index (χ1v) is 7.11. The Kier molecular flexibility index (Phi) is 3.45. The summed E-state index contributed by atoms with van der Waals surface area (Å²) in [6, 6.07) is 8.72. The lowest BCUT2D eigenvalue weighted by atomic mass is 10.0. The lowest BCUT2D eigenvalue weighted by Crippen LogP contribution is -2.12. The number of anilines is 1. The van der Waals surface area contributed by atoms with E-state index in [1.54, 1.807) is 25.3 Å². The zero-order valence-electron chi connectivity index (χ0n) is 12.8. The summed E-state index contributed by atoms with van der Waals surface area (Å²) in [5, 5.41) is 3.65. The van der Waals surface area contributed by atoms with Crippen molar-refractivity contribution in [1.29, 1.82) is 0 Å². The summed E-state index contributed by atoms with van der Waals surface area (Å²) in [4.78, 5) is 15.6. The Labute approximate surface area is 128 Å². The summed E-state index contributed by atoms with van der Waals surface area (Å²) in [5.41, 5.74) is 4.67. The largest absolute Gasteiger partial charge is 0.360 e. The number of nitrogens with one attached hydrogen (secondary N) is 2. The van der Waals surface area contributed by atoms with E-state index in [2.05, 4.69) is 10.3 Å². The molecule has 0 bridgehead atoms. The summed E-state index contributed by atoms with van der Waals surface area (Å²) < 4.78 is 13.6. The molecule has 0 radical (unpaired) electrons. The molecule has 0 aliphatic rings. The molecule has 0 saturated heterocycles. The van der Waals surface area contributed by atoms with Crippen LogP contribution < -0.4 is 5.32 Å². The molecule has 0 atom stereocenters. The molecule has 4 heteroatoms. The number of aromatic nitrogens is 1. The molecule has 0 saturated carbocycles. The highest BCUT2D eigenvalue weighted by molar-refractivity contribution is 6.13. The first-order valence-electron chi connectivity index (χ1n) is 7.11. The highest BCUT2D eigenvalue weighted by atomic mass is 19.1. The monoisotopic (exact) mass is 296 g/mol. The van der Waals surface area contributed by atoms with Crippen LogP contribution in [0.4, 0.5) is 10.1 Å². The molecule has 0 unspecified atom stereocenters. The third kappa shape index (κ3) is 2.48. The summed E-state index contributed by atoms with van der Waals surface area (Å²) in [7, 11) is 0. The van der Waals surface area contributed by atoms with Crippen molar-refractivity contribution in [2.45, 2.75) is 20.8 Å². The van der Waals surface area contributed by atoms with Gasteiger partial charge in [0.1, 0.15) is 5.82 Å². The third-order valence-electron chi connectivity index (χ3n) is 3.80. The van der Waals surface area contributed by atoms with Gasteiger partial charge in [0.15, 0.2) is 0 Å². The van der Waals surface area contributed by atoms with Crippen LogP contribution in [0.2, 0.25) is 0 Å². The van der Waals surface area contributed by atoms with Gasteiger partial charge >= 0.3 is 0 Å². The second-order valence-corrected chi connectivity index (χ2v) is 5.62. The van der Waals surface area contributed by atoms with Gasteiger partial charge in [-0.25, -0.2) is 4.39 Å². The highest BCUT2D eigenvalue weighted by Crippen LogP contribution is 2.25. The number of fused-ring (bicyclic) bond motifs is 1. The van der Waals surface area contributed by atoms with E-state index in [4.69, 9.17) is 0 Å². The Morgan fingerprint density at radius 1 is 1.09 bits per heavy atom. The van der Waals surface area contributed by atoms with E-state index in [1.807, 2.05) is 26.0 Å². The molecule has 3 nitrogen and oxygen atoms in total. The minimum atomic E-state index is -0.330. The molecule has 0 spiro atoms. The Morgan fingerprint density at radius 3 is 2.59 bits per heavy atom. The Morgan fingerprint density at radius 2 is 1.86 bits per heavy atom. The van der Waals surface area contributed by atoms with Gasteiger partial charge in [-0.2, -0.15) is 0 Å². The van der Waals surface area contributed by atoms with Crippen molar-refractivity contribution in [3.05, 3.63) is 64.6 Å². The van der Waals surface area contributed by atoms with Crippen LogP contribution in [0, 0.1) is 26.6 Å². The van der Waals surface area contributed by atoms with Crippen molar-refractivity contribution in [2.75, 3.05) is 5.32 Å². The van der Waals surface area contributed by atoms with Crippen LogP contribution in [0.5, 0.6) is 0 Å². The first kappa shape index (κ1) is 14.3. The SMILES string of the molecule is Cc1cc(C)c2c(C(=O)Nc3ccc(C)c(F)c3)c[nH]c2c1. The van der Waals surface area contributed by atoms with E-state index in [9.17, 15) is 9.18 Å². The van der Waals surface area contributed by atoms with E-state index in [0.29, 0.717) is 16.8 Å². The van der Waals surface area contributed by atoms with Crippen molar-refractivity contribution in [3.8, 4) is 0 Å². The average molecular weight is 296 g/mol. The lowest BCUT2D eigenvalue weighted by Gasteiger charge is -2.07. The van der Waals surface area contributed by atoms with Gasteiger partial charge in [0.05, 0.1) is 5.56 Å². The molecule has 1 aromatic heterocycles. The molecule has 2 aromatic carbocycles. The number of rotatable bonds is 2. The number of amides is 1. The van der Waals surface area contributed by atoms with Crippen LogP contribution >= 0.6 is 0 Å². The number of benzene rings is 2. The molecule has 1 heterocycles. The zero-order chi connectivity index (χ0) is 15.9. The van der Waals surface area contributed by atoms with Crippen molar-refractivity contribution in [3.63, 3.8) is 0 Å². The number of halogens is 1. The van der Waals surface area contributed by atoms with Crippen LogP contribution in [0.25, 0.3) is 10.9 Å². The van der Waals surface area contributed by atoms with Crippen molar-refractivity contribution in [2.24, 2.45) is 0 Å². The molecular weight excluding hydrogens is 279 g/mol. The molecule has 3 rings (SSSR count). The number of H-pyrrole nitrogens is 1. The summed E-state index contributed by atoms with van der Waals surface area (Å²) in [5.74, 6) is -0.579. The highest BCUT2D eigenvalue weighted by Gasteiger charge is 2.14. The van der Waals surface area contributed by atoms with Gasteiger partial charge in [0, 0.05) is 22.8 Å². The molecule has 112 valence electrons. The van der Waals surface area contributed by atoms with E-state index < -0.39 is 0 Å². The normalized spacial score (nSPS) is 10.9. The molecular formula is C18H17FN2O. The van der Waals surface area contributed by atoms with Gasteiger partial charge in [0.25, 0.3) is 5.91 Å². The zero-order valence-corrected chi connectivity index (χ0v) is 12.8. The number of hydrogen-bond donors (Lipinski definition) is 2. The van der Waals surface area contributed by atoms with Crippen LogP contribution in [-0.2, 0) is 0 Å². The minimum Gasteiger partial charge on any atom is -0.360 e. The average Bonchev–Trinajstić information content (AvgIpc) is 2.87. The standard InChI is InChI=1S/C18H17FN2O/c1-10-6-12(3)17-14(9-20-16(17)7-10)18(22)21-13-5-4-11(2)15(19)8-13/h4-9,20H,1-3H3,(H,21,22). The van der Waals surface area contributed by atoms with Crippen LogP contribution in [0.3, 0.4) is 0 Å². The van der Waals surface area contributed by atoms with E-state index in [-0.39, 0.29) is 11.7 Å². The van der Waals surface area contributed by atoms with E-state index in [0.717, 1.165) is 22.0 Å². The molecule has 0 aliphatic carbocycles. The van der Waals surface area contributed by atoms with Gasteiger partial charge in [-0.3, -0.25) is 4.79 Å². The van der Waals surface area contributed by atoms with Gasteiger partial charge in [-0.05, 0) is 55.7 Å². The third-order valence-corrected chi connectivity index (χ3v) is 3.80. The van der Waals surface area contributed by atoms with Gasteiger partial charge in [0.2, 0.25) is 0 Å². The fourth-order valence-electron chi connectivity index (χ4n) is 2.71. The maximum absolute atomic E-state index is 13.6. The fourth-order valence-corrected chi connectivity index (χ4v) is 2.71. The van der Waals surface area contributed by atoms with Gasteiger partial charge in [-0.15, -0.1) is 0 Å². The number of aryl methyl sites for hydroxylation is 3.